The molecule has 0 saturated carbocycles. The Labute approximate surface area is 143 Å². The lowest BCUT2D eigenvalue weighted by molar-refractivity contribution is -0.116. The van der Waals surface area contributed by atoms with Crippen molar-refractivity contribution in [1.82, 2.24) is 15.1 Å². The van der Waals surface area contributed by atoms with Crippen LogP contribution in [0.25, 0.3) is 22.3 Å². The molecule has 0 atom stereocenters. The van der Waals surface area contributed by atoms with Gasteiger partial charge in [-0.2, -0.15) is 4.98 Å². The molecule has 0 bridgehead atoms. The molecule has 0 unspecified atom stereocenters. The summed E-state index contributed by atoms with van der Waals surface area (Å²) in [4.78, 5) is 19.5. The molecule has 4 aromatic rings. The van der Waals surface area contributed by atoms with Gasteiger partial charge in [-0.3, -0.25) is 4.79 Å². The highest BCUT2D eigenvalue weighted by Crippen LogP contribution is 2.21. The molecular formula is C19H16N4O2. The van der Waals surface area contributed by atoms with Crippen LogP contribution in [-0.4, -0.2) is 21.0 Å². The Bertz CT molecular complexity index is 1000. The normalized spacial score (nSPS) is 10.9. The van der Waals surface area contributed by atoms with Crippen LogP contribution in [0.1, 0.15) is 12.3 Å². The molecule has 0 spiro atoms. The Morgan fingerprint density at radius 1 is 1.12 bits per heavy atom. The van der Waals surface area contributed by atoms with Gasteiger partial charge in [-0.15, -0.1) is 0 Å². The summed E-state index contributed by atoms with van der Waals surface area (Å²) in [6.07, 6.45) is 2.57. The first kappa shape index (κ1) is 15.1. The number of hydrogen-bond acceptors (Lipinski definition) is 4. The molecule has 6 nitrogen and oxygen atoms in total. The summed E-state index contributed by atoms with van der Waals surface area (Å²) in [6, 6.07) is 17.3. The third-order valence-electron chi connectivity index (χ3n) is 3.90. The lowest BCUT2D eigenvalue weighted by atomic mass is 10.1. The highest BCUT2D eigenvalue weighted by atomic mass is 16.5. The van der Waals surface area contributed by atoms with E-state index < -0.39 is 0 Å². The molecule has 2 N–H and O–H groups in total. The SMILES string of the molecule is O=C(CCc1nc(-c2ccc3cc[nH]c3c2)no1)Nc1ccccc1. The second-order valence-corrected chi connectivity index (χ2v) is 5.71. The number of aryl methyl sites for hydroxylation is 1. The summed E-state index contributed by atoms with van der Waals surface area (Å²) in [5.74, 6) is 0.888. The molecule has 2 aromatic carbocycles. The minimum absolute atomic E-state index is 0.0845. The number of aromatic amines is 1. The molecule has 2 aromatic heterocycles. The van der Waals surface area contributed by atoms with Gasteiger partial charge in [0.05, 0.1) is 0 Å². The van der Waals surface area contributed by atoms with Gasteiger partial charge in [0.25, 0.3) is 0 Å². The van der Waals surface area contributed by atoms with Gasteiger partial charge < -0.3 is 14.8 Å². The van der Waals surface area contributed by atoms with Crippen LogP contribution in [0.15, 0.2) is 65.3 Å². The molecule has 0 aliphatic carbocycles. The van der Waals surface area contributed by atoms with E-state index in [2.05, 4.69) is 20.4 Å². The number of para-hydroxylation sites is 1. The number of carbonyl (C=O) groups excluding carboxylic acids is 1. The molecule has 25 heavy (non-hydrogen) atoms. The van der Waals surface area contributed by atoms with Crippen LogP contribution in [0.5, 0.6) is 0 Å². The fraction of sp³-hybridized carbons (Fsp3) is 0.105. The number of anilines is 1. The molecule has 4 rings (SSSR count). The van der Waals surface area contributed by atoms with E-state index in [0.29, 0.717) is 18.1 Å². The molecule has 0 radical (unpaired) electrons. The number of aromatic nitrogens is 3. The minimum atomic E-state index is -0.0845. The first-order valence-corrected chi connectivity index (χ1v) is 8.03. The number of nitrogens with zero attached hydrogens (tertiary/aromatic N) is 2. The van der Waals surface area contributed by atoms with Crippen LogP contribution in [-0.2, 0) is 11.2 Å². The zero-order valence-corrected chi connectivity index (χ0v) is 13.4. The quantitative estimate of drug-likeness (QED) is 0.582. The third kappa shape index (κ3) is 3.42. The summed E-state index contributed by atoms with van der Waals surface area (Å²) < 4.78 is 5.26. The van der Waals surface area contributed by atoms with Gasteiger partial charge in [-0.05, 0) is 29.7 Å². The second kappa shape index (κ2) is 6.60. The van der Waals surface area contributed by atoms with Crippen molar-refractivity contribution in [3.05, 3.63) is 66.7 Å². The van der Waals surface area contributed by atoms with E-state index in [1.54, 1.807) is 0 Å². The van der Waals surface area contributed by atoms with Crippen molar-refractivity contribution in [2.45, 2.75) is 12.8 Å². The molecule has 124 valence electrons. The van der Waals surface area contributed by atoms with E-state index in [1.165, 1.54) is 0 Å². The molecule has 6 heteroatoms. The Balaban J connectivity index is 1.40. The maximum absolute atomic E-state index is 12.0. The summed E-state index contributed by atoms with van der Waals surface area (Å²) in [5.41, 5.74) is 2.67. The van der Waals surface area contributed by atoms with Gasteiger partial charge in [0.2, 0.25) is 17.6 Å². The summed E-state index contributed by atoms with van der Waals surface area (Å²) in [5, 5.41) is 7.97. The van der Waals surface area contributed by atoms with E-state index >= 15 is 0 Å². The summed E-state index contributed by atoms with van der Waals surface area (Å²) >= 11 is 0. The standard InChI is InChI=1S/C19H16N4O2/c24-17(21-15-4-2-1-3-5-15)8-9-18-22-19(23-25-18)14-7-6-13-10-11-20-16(13)12-14/h1-7,10-12,20H,8-9H2,(H,21,24). The lowest BCUT2D eigenvalue weighted by Crippen LogP contribution is -2.12. The van der Waals surface area contributed by atoms with Crippen molar-refractivity contribution in [3.8, 4) is 11.4 Å². The van der Waals surface area contributed by atoms with Gasteiger partial charge in [0, 0.05) is 35.8 Å². The van der Waals surface area contributed by atoms with Crippen molar-refractivity contribution in [3.63, 3.8) is 0 Å². The Hall–Kier alpha value is -3.41. The lowest BCUT2D eigenvalue weighted by Gasteiger charge is -2.02. The van der Waals surface area contributed by atoms with Gasteiger partial charge >= 0.3 is 0 Å². The zero-order chi connectivity index (χ0) is 17.1. The summed E-state index contributed by atoms with van der Waals surface area (Å²) in [6.45, 7) is 0. The predicted octanol–water partition coefficient (Wildman–Crippen LogP) is 3.79. The number of fused-ring (bicyclic) bond motifs is 1. The van der Waals surface area contributed by atoms with E-state index in [0.717, 1.165) is 22.2 Å². The average molecular weight is 332 g/mol. The monoisotopic (exact) mass is 332 g/mol. The fourth-order valence-electron chi connectivity index (χ4n) is 2.63. The minimum Gasteiger partial charge on any atom is -0.361 e. The fourth-order valence-corrected chi connectivity index (χ4v) is 2.63. The Kier molecular flexibility index (Phi) is 4.00. The van der Waals surface area contributed by atoms with Crippen LogP contribution >= 0.6 is 0 Å². The molecule has 0 fully saturated rings. The first-order valence-electron chi connectivity index (χ1n) is 8.03. The average Bonchev–Trinajstić information content (AvgIpc) is 3.29. The molecule has 0 aliphatic rings. The van der Waals surface area contributed by atoms with Crippen LogP contribution in [0, 0.1) is 0 Å². The van der Waals surface area contributed by atoms with Gasteiger partial charge in [0.15, 0.2) is 0 Å². The zero-order valence-electron chi connectivity index (χ0n) is 13.4. The van der Waals surface area contributed by atoms with E-state index in [4.69, 9.17) is 4.52 Å². The predicted molar refractivity (Wildman–Crippen MR) is 95.0 cm³/mol. The van der Waals surface area contributed by atoms with Crippen LogP contribution < -0.4 is 5.32 Å². The number of nitrogens with one attached hydrogen (secondary N) is 2. The molecule has 0 saturated heterocycles. The smallest absolute Gasteiger partial charge is 0.227 e. The van der Waals surface area contributed by atoms with Crippen molar-refractivity contribution >= 4 is 22.5 Å². The molecule has 2 heterocycles. The number of carbonyl (C=O) groups is 1. The number of benzene rings is 2. The Morgan fingerprint density at radius 3 is 2.88 bits per heavy atom. The molecule has 1 amide bonds. The number of hydrogen-bond donors (Lipinski definition) is 2. The van der Waals surface area contributed by atoms with E-state index in [1.807, 2.05) is 60.8 Å². The van der Waals surface area contributed by atoms with E-state index in [9.17, 15) is 4.79 Å². The first-order chi connectivity index (χ1) is 12.3. The van der Waals surface area contributed by atoms with Crippen molar-refractivity contribution in [1.29, 1.82) is 0 Å². The molecular weight excluding hydrogens is 316 g/mol. The van der Waals surface area contributed by atoms with Gasteiger partial charge in [-0.1, -0.05) is 35.5 Å². The highest BCUT2D eigenvalue weighted by Gasteiger charge is 2.11. The van der Waals surface area contributed by atoms with E-state index in [-0.39, 0.29) is 12.3 Å². The maximum atomic E-state index is 12.0. The third-order valence-corrected chi connectivity index (χ3v) is 3.90. The van der Waals surface area contributed by atoms with Crippen LogP contribution in [0.2, 0.25) is 0 Å². The summed E-state index contributed by atoms with van der Waals surface area (Å²) in [7, 11) is 0. The number of amides is 1. The van der Waals surface area contributed by atoms with Crippen molar-refractivity contribution in [2.75, 3.05) is 5.32 Å². The largest absolute Gasteiger partial charge is 0.361 e. The number of rotatable bonds is 5. The highest BCUT2D eigenvalue weighted by molar-refractivity contribution is 5.90. The number of H-pyrrole nitrogens is 1. The van der Waals surface area contributed by atoms with Crippen molar-refractivity contribution < 1.29 is 9.32 Å². The van der Waals surface area contributed by atoms with Gasteiger partial charge in [-0.25, -0.2) is 0 Å². The maximum Gasteiger partial charge on any atom is 0.227 e. The van der Waals surface area contributed by atoms with Crippen LogP contribution in [0.4, 0.5) is 5.69 Å². The topological polar surface area (TPSA) is 83.8 Å². The van der Waals surface area contributed by atoms with Gasteiger partial charge in [0.1, 0.15) is 0 Å². The van der Waals surface area contributed by atoms with Crippen molar-refractivity contribution in [2.24, 2.45) is 0 Å². The Morgan fingerprint density at radius 2 is 2.00 bits per heavy atom. The molecule has 0 aliphatic heterocycles. The second-order valence-electron chi connectivity index (χ2n) is 5.71. The van der Waals surface area contributed by atoms with Crippen LogP contribution in [0.3, 0.4) is 0 Å².